The Bertz CT molecular complexity index is 724. The second-order valence-electron chi connectivity index (χ2n) is 7.11. The van der Waals surface area contributed by atoms with Crippen LogP contribution in [0.15, 0.2) is 11.6 Å². The third-order valence-electron chi connectivity index (χ3n) is 4.21. The minimum Gasteiger partial charge on any atom is -0.389 e. The van der Waals surface area contributed by atoms with E-state index >= 15 is 0 Å². The molecule has 0 amide bonds. The van der Waals surface area contributed by atoms with Gasteiger partial charge in [0.2, 0.25) is 0 Å². The molecule has 0 fully saturated rings. The number of ketones is 2. The second kappa shape index (κ2) is 11.4. The van der Waals surface area contributed by atoms with Gasteiger partial charge < -0.3 is 5.11 Å². The van der Waals surface area contributed by atoms with Gasteiger partial charge in [0.25, 0.3) is 0 Å². The highest BCUT2D eigenvalue weighted by atomic mass is 32.1. The molecule has 2 rings (SSSR count). The molecule has 2 aromatic rings. The predicted molar refractivity (Wildman–Crippen MR) is 111 cm³/mol. The van der Waals surface area contributed by atoms with Crippen molar-refractivity contribution in [3.8, 4) is 10.0 Å². The Kier molecular flexibility index (Phi) is 9.24. The molecule has 5 nitrogen and oxygen atoms in total. The summed E-state index contributed by atoms with van der Waals surface area (Å²) in [5.41, 5.74) is 0.632. The van der Waals surface area contributed by atoms with Gasteiger partial charge in [-0.3, -0.25) is 9.59 Å². The number of unbranched alkanes of at least 4 members (excludes halogenated alkanes) is 4. The van der Waals surface area contributed by atoms with Crippen LogP contribution in [-0.4, -0.2) is 33.2 Å². The molecule has 1 N–H and O–H groups in total. The largest absolute Gasteiger partial charge is 0.389 e. The van der Waals surface area contributed by atoms with Crippen LogP contribution < -0.4 is 0 Å². The summed E-state index contributed by atoms with van der Waals surface area (Å²) in [4.78, 5) is 33.7. The van der Waals surface area contributed by atoms with E-state index in [2.05, 4.69) is 23.8 Å². The highest BCUT2D eigenvalue weighted by molar-refractivity contribution is 7.20. The Morgan fingerprint density at radius 3 is 2.41 bits per heavy atom. The predicted octanol–water partition coefficient (Wildman–Crippen LogP) is 4.94. The van der Waals surface area contributed by atoms with E-state index in [0.29, 0.717) is 24.5 Å². The van der Waals surface area contributed by atoms with Crippen LogP contribution >= 0.6 is 22.7 Å². The van der Waals surface area contributed by atoms with Crippen LogP contribution in [-0.2, 0) is 11.2 Å². The normalized spacial score (nSPS) is 11.3. The van der Waals surface area contributed by atoms with Crippen molar-refractivity contribution in [3.63, 3.8) is 0 Å². The van der Waals surface area contributed by atoms with Crippen LogP contribution in [0, 0.1) is 5.92 Å². The molecule has 0 spiro atoms. The molecule has 2 aromatic heterocycles. The van der Waals surface area contributed by atoms with E-state index < -0.39 is 0 Å². The first kappa shape index (κ1) is 21.9. The summed E-state index contributed by atoms with van der Waals surface area (Å²) in [6, 6.07) is 0. The molecule has 7 heteroatoms. The molecule has 0 aliphatic heterocycles. The maximum absolute atomic E-state index is 12.7. The summed E-state index contributed by atoms with van der Waals surface area (Å²) < 4.78 is 0. The van der Waals surface area contributed by atoms with Crippen molar-refractivity contribution in [1.29, 1.82) is 0 Å². The van der Waals surface area contributed by atoms with Gasteiger partial charge in [0.1, 0.15) is 12.3 Å². The lowest BCUT2D eigenvalue weighted by atomic mass is 10.0. The van der Waals surface area contributed by atoms with E-state index in [-0.39, 0.29) is 18.2 Å². The van der Waals surface area contributed by atoms with Crippen LogP contribution in [0.1, 0.15) is 74.2 Å². The van der Waals surface area contributed by atoms with Crippen molar-refractivity contribution < 1.29 is 14.7 Å². The number of Topliss-reactive ketones (excluding diaryl/α,β-unsaturated/α-hetero) is 2. The van der Waals surface area contributed by atoms with Crippen molar-refractivity contribution in [2.45, 2.75) is 65.2 Å². The molecule has 0 aliphatic carbocycles. The Morgan fingerprint density at radius 2 is 1.78 bits per heavy atom. The van der Waals surface area contributed by atoms with Gasteiger partial charge in [0, 0.05) is 29.3 Å². The SMILES string of the molecule is CC(C)Cc1sc(-c2nccs2)nc1C(=O)CCCCCCCC(=O)CO. The number of aliphatic hydroxyl groups excluding tert-OH is 1. The van der Waals surface area contributed by atoms with E-state index in [1.807, 2.05) is 5.38 Å². The molecule has 0 radical (unpaired) electrons. The first-order valence-corrected chi connectivity index (χ1v) is 11.3. The summed E-state index contributed by atoms with van der Waals surface area (Å²) in [5.74, 6) is 0.505. The fourth-order valence-corrected chi connectivity index (χ4v) is 4.81. The fourth-order valence-electron chi connectivity index (χ4n) is 2.83. The molecule has 0 saturated carbocycles. The molecule has 0 aliphatic rings. The van der Waals surface area contributed by atoms with Gasteiger partial charge in [-0.25, -0.2) is 9.97 Å². The van der Waals surface area contributed by atoms with E-state index in [9.17, 15) is 9.59 Å². The van der Waals surface area contributed by atoms with Crippen LogP contribution in [0.25, 0.3) is 10.0 Å². The monoisotopic (exact) mass is 408 g/mol. The average Bonchev–Trinajstić information content (AvgIpc) is 3.29. The van der Waals surface area contributed by atoms with E-state index in [1.165, 1.54) is 0 Å². The number of aromatic nitrogens is 2. The zero-order valence-electron chi connectivity index (χ0n) is 16.1. The maximum atomic E-state index is 12.7. The molecule has 0 aromatic carbocycles. The summed E-state index contributed by atoms with van der Waals surface area (Å²) >= 11 is 3.14. The molecular weight excluding hydrogens is 380 g/mol. The van der Waals surface area contributed by atoms with Gasteiger partial charge in [-0.1, -0.05) is 33.1 Å². The molecule has 0 atom stereocenters. The van der Waals surface area contributed by atoms with Crippen LogP contribution in [0.4, 0.5) is 0 Å². The minimum atomic E-state index is -0.357. The third-order valence-corrected chi connectivity index (χ3v) is 6.20. The summed E-state index contributed by atoms with van der Waals surface area (Å²) in [5, 5.41) is 12.3. The fraction of sp³-hybridized carbons (Fsp3) is 0.600. The zero-order chi connectivity index (χ0) is 19.6. The molecule has 27 heavy (non-hydrogen) atoms. The number of carbonyl (C=O) groups is 2. The van der Waals surface area contributed by atoms with Crippen LogP contribution in [0.5, 0.6) is 0 Å². The van der Waals surface area contributed by atoms with Gasteiger partial charge in [-0.05, 0) is 25.2 Å². The standard InChI is InChI=1S/C20H28N2O3S2/c1-14(2)12-17-18(22-20(27-17)19-21-10-11-26-19)16(25)9-7-5-3-4-6-8-15(24)13-23/h10-11,14,23H,3-9,12-13H2,1-2H3. The van der Waals surface area contributed by atoms with E-state index in [4.69, 9.17) is 5.11 Å². The lowest BCUT2D eigenvalue weighted by Gasteiger charge is -2.05. The highest BCUT2D eigenvalue weighted by Gasteiger charge is 2.20. The van der Waals surface area contributed by atoms with E-state index in [1.54, 1.807) is 28.9 Å². The minimum absolute atomic E-state index is 0.0950. The lowest BCUT2D eigenvalue weighted by Crippen LogP contribution is -2.05. The quantitative estimate of drug-likeness (QED) is 0.375. The smallest absolute Gasteiger partial charge is 0.182 e. The Morgan fingerprint density at radius 1 is 1.07 bits per heavy atom. The molecule has 0 bridgehead atoms. The third kappa shape index (κ3) is 7.24. The first-order valence-electron chi connectivity index (χ1n) is 9.56. The number of hydrogen-bond acceptors (Lipinski definition) is 7. The number of rotatable bonds is 13. The topological polar surface area (TPSA) is 80.2 Å². The zero-order valence-corrected chi connectivity index (χ0v) is 17.7. The Labute approximate surface area is 168 Å². The van der Waals surface area contributed by atoms with Crippen molar-refractivity contribution in [1.82, 2.24) is 9.97 Å². The maximum Gasteiger partial charge on any atom is 0.182 e. The Balaban J connectivity index is 1.85. The van der Waals surface area contributed by atoms with E-state index in [0.717, 1.165) is 53.4 Å². The molecular formula is C20H28N2O3S2. The number of carbonyl (C=O) groups excluding carboxylic acids is 2. The summed E-state index contributed by atoms with van der Waals surface area (Å²) in [7, 11) is 0. The molecule has 0 unspecified atom stereocenters. The molecule has 0 saturated heterocycles. The van der Waals surface area contributed by atoms with Gasteiger partial charge in [-0.2, -0.15) is 0 Å². The number of aliphatic hydroxyl groups is 1. The second-order valence-corrected chi connectivity index (χ2v) is 9.09. The van der Waals surface area contributed by atoms with Crippen molar-refractivity contribution in [3.05, 3.63) is 22.1 Å². The lowest BCUT2D eigenvalue weighted by molar-refractivity contribution is -0.121. The first-order chi connectivity index (χ1) is 13.0. The number of hydrogen-bond donors (Lipinski definition) is 1. The van der Waals surface area contributed by atoms with Crippen molar-refractivity contribution in [2.75, 3.05) is 6.61 Å². The van der Waals surface area contributed by atoms with Gasteiger partial charge in [0.15, 0.2) is 21.6 Å². The summed E-state index contributed by atoms with van der Waals surface area (Å²) in [6.45, 7) is 3.95. The highest BCUT2D eigenvalue weighted by Crippen LogP contribution is 2.31. The van der Waals surface area contributed by atoms with Gasteiger partial charge >= 0.3 is 0 Å². The van der Waals surface area contributed by atoms with Crippen molar-refractivity contribution in [2.24, 2.45) is 5.92 Å². The average molecular weight is 409 g/mol. The van der Waals surface area contributed by atoms with Crippen molar-refractivity contribution >= 4 is 34.2 Å². The molecule has 2 heterocycles. The van der Waals surface area contributed by atoms with Crippen LogP contribution in [0.2, 0.25) is 0 Å². The Hall–Kier alpha value is -1.44. The van der Waals surface area contributed by atoms with Gasteiger partial charge in [-0.15, -0.1) is 22.7 Å². The number of nitrogens with zero attached hydrogens (tertiary/aromatic N) is 2. The molecule has 148 valence electrons. The number of thiazole rings is 2. The van der Waals surface area contributed by atoms with Crippen LogP contribution in [0.3, 0.4) is 0 Å². The summed E-state index contributed by atoms with van der Waals surface area (Å²) in [6.07, 6.45) is 8.20. The van der Waals surface area contributed by atoms with Gasteiger partial charge in [0.05, 0.1) is 0 Å².